The fraction of sp³-hybridized carbons (Fsp3) is 0.222. The average molecular weight is 201 g/mol. The number of carbonyl (C=O) groups excluding carboxylic acids is 1. The Balaban J connectivity index is 2.78. The van der Waals surface area contributed by atoms with Crippen LogP contribution in [0.4, 0.5) is 13.2 Å². The van der Waals surface area contributed by atoms with Crippen LogP contribution in [0.3, 0.4) is 0 Å². The molecule has 74 valence electrons. The molecule has 0 atom stereocenters. The highest BCUT2D eigenvalue weighted by molar-refractivity contribution is 5.34. The Morgan fingerprint density at radius 3 is 2.36 bits per heavy atom. The summed E-state index contributed by atoms with van der Waals surface area (Å²) in [6.45, 7) is 0. The fourth-order valence-corrected chi connectivity index (χ4v) is 0.954. The summed E-state index contributed by atoms with van der Waals surface area (Å²) >= 11 is 0. The summed E-state index contributed by atoms with van der Waals surface area (Å²) in [5.41, 5.74) is 0.204. The van der Waals surface area contributed by atoms with Gasteiger partial charge in [0, 0.05) is 0 Å². The van der Waals surface area contributed by atoms with E-state index in [1.54, 1.807) is 0 Å². The molecule has 0 saturated carbocycles. The number of nitrogens with zero attached hydrogens (tertiary/aromatic N) is 1. The van der Waals surface area contributed by atoms with Crippen LogP contribution in [-0.4, -0.2) is 12.1 Å². The van der Waals surface area contributed by atoms with Crippen molar-refractivity contribution < 1.29 is 18.0 Å². The van der Waals surface area contributed by atoms with Gasteiger partial charge in [-0.3, -0.25) is 0 Å². The highest BCUT2D eigenvalue weighted by Crippen LogP contribution is 2.20. The van der Waals surface area contributed by atoms with Crippen molar-refractivity contribution >= 4 is 6.08 Å². The lowest BCUT2D eigenvalue weighted by molar-refractivity contribution is 0.0117. The molecule has 0 amide bonds. The molecular weight excluding hydrogens is 195 g/mol. The molecule has 0 radical (unpaired) electrons. The number of hydrogen-bond donors (Lipinski definition) is 0. The summed E-state index contributed by atoms with van der Waals surface area (Å²) in [6.07, 6.45) is 0.0569. The Morgan fingerprint density at radius 1 is 1.29 bits per heavy atom. The van der Waals surface area contributed by atoms with Gasteiger partial charge >= 0.3 is 6.05 Å². The summed E-state index contributed by atoms with van der Waals surface area (Å²) in [5, 5.41) is 0. The van der Waals surface area contributed by atoms with E-state index in [1.807, 2.05) is 0 Å². The van der Waals surface area contributed by atoms with Crippen molar-refractivity contribution in [1.82, 2.24) is 0 Å². The molecule has 0 aliphatic carbocycles. The number of alkyl halides is 2. The van der Waals surface area contributed by atoms with Gasteiger partial charge in [0.25, 0.3) is 0 Å². The lowest BCUT2D eigenvalue weighted by atomic mass is 10.1. The van der Waals surface area contributed by atoms with Crippen LogP contribution in [0, 0.1) is 5.82 Å². The van der Waals surface area contributed by atoms with Crippen LogP contribution < -0.4 is 0 Å². The molecule has 1 rings (SSSR count). The molecule has 5 heteroatoms. The number of hydrogen-bond acceptors (Lipinski definition) is 2. The molecule has 0 unspecified atom stereocenters. The standard InChI is InChI=1S/C9H6F3NO/c10-8-3-1-7(2-4-8)5-9(11,12)13-6-14/h1-4H,5H2. The van der Waals surface area contributed by atoms with Crippen molar-refractivity contribution in [3.05, 3.63) is 35.6 Å². The zero-order valence-electron chi connectivity index (χ0n) is 7.01. The minimum absolute atomic E-state index is 0.204. The third kappa shape index (κ3) is 3.03. The maximum atomic E-state index is 12.7. The molecule has 0 spiro atoms. The molecule has 0 fully saturated rings. The first-order valence-electron chi connectivity index (χ1n) is 3.75. The van der Waals surface area contributed by atoms with Crippen molar-refractivity contribution in [2.24, 2.45) is 4.99 Å². The normalized spacial score (nSPS) is 10.8. The summed E-state index contributed by atoms with van der Waals surface area (Å²) in [5.74, 6) is -0.504. The van der Waals surface area contributed by atoms with E-state index in [9.17, 15) is 18.0 Å². The third-order valence-electron chi connectivity index (χ3n) is 1.54. The van der Waals surface area contributed by atoms with Gasteiger partial charge in [-0.25, -0.2) is 9.18 Å². The first-order chi connectivity index (χ1) is 6.53. The lowest BCUT2D eigenvalue weighted by Gasteiger charge is -2.08. The predicted molar refractivity (Wildman–Crippen MR) is 43.2 cm³/mol. The zero-order valence-corrected chi connectivity index (χ0v) is 7.01. The third-order valence-corrected chi connectivity index (χ3v) is 1.54. The van der Waals surface area contributed by atoms with Crippen LogP contribution in [0.25, 0.3) is 0 Å². The van der Waals surface area contributed by atoms with E-state index in [1.165, 1.54) is 12.1 Å². The van der Waals surface area contributed by atoms with Crippen LogP contribution in [0.2, 0.25) is 0 Å². The smallest absolute Gasteiger partial charge is 0.211 e. The monoisotopic (exact) mass is 201 g/mol. The van der Waals surface area contributed by atoms with E-state index in [0.717, 1.165) is 18.2 Å². The van der Waals surface area contributed by atoms with E-state index in [4.69, 9.17) is 0 Å². The van der Waals surface area contributed by atoms with Gasteiger partial charge < -0.3 is 0 Å². The molecule has 0 aliphatic rings. The Labute approximate surface area is 78.1 Å². The van der Waals surface area contributed by atoms with Crippen molar-refractivity contribution in [2.75, 3.05) is 0 Å². The van der Waals surface area contributed by atoms with Gasteiger partial charge in [0.1, 0.15) is 5.82 Å². The van der Waals surface area contributed by atoms with Crippen molar-refractivity contribution in [3.63, 3.8) is 0 Å². The highest BCUT2D eigenvalue weighted by Gasteiger charge is 2.28. The number of isocyanates is 1. The molecule has 0 N–H and O–H groups in total. The summed E-state index contributed by atoms with van der Waals surface area (Å²) in [7, 11) is 0. The first-order valence-corrected chi connectivity index (χ1v) is 3.75. The molecule has 0 saturated heterocycles. The summed E-state index contributed by atoms with van der Waals surface area (Å²) in [4.78, 5) is 12.0. The SMILES string of the molecule is O=C=NC(F)(F)Cc1ccc(F)cc1. The van der Waals surface area contributed by atoms with E-state index in [2.05, 4.69) is 4.99 Å². The second-order valence-corrected chi connectivity index (χ2v) is 2.67. The minimum atomic E-state index is -3.47. The Hall–Kier alpha value is -1.61. The molecule has 14 heavy (non-hydrogen) atoms. The van der Waals surface area contributed by atoms with Gasteiger partial charge in [-0.2, -0.15) is 8.78 Å². The van der Waals surface area contributed by atoms with Gasteiger partial charge in [-0.05, 0) is 17.7 Å². The quantitative estimate of drug-likeness (QED) is 0.419. The van der Waals surface area contributed by atoms with E-state index >= 15 is 0 Å². The Kier molecular flexibility index (Phi) is 3.04. The molecule has 0 heterocycles. The number of halogens is 3. The van der Waals surface area contributed by atoms with Crippen molar-refractivity contribution in [2.45, 2.75) is 12.5 Å². The van der Waals surface area contributed by atoms with E-state index < -0.39 is 18.3 Å². The number of rotatable bonds is 3. The zero-order chi connectivity index (χ0) is 10.6. The Bertz CT molecular complexity index is 355. The predicted octanol–water partition coefficient (Wildman–Crippen LogP) is 2.30. The maximum absolute atomic E-state index is 12.7. The maximum Gasteiger partial charge on any atom is 0.355 e. The molecule has 0 aliphatic heterocycles. The second-order valence-electron chi connectivity index (χ2n) is 2.67. The number of aliphatic imine (C=N–C) groups is 1. The Morgan fingerprint density at radius 2 is 1.86 bits per heavy atom. The molecule has 0 aromatic heterocycles. The van der Waals surface area contributed by atoms with Crippen LogP contribution in [0.5, 0.6) is 0 Å². The molecule has 1 aromatic carbocycles. The average Bonchev–Trinajstić information content (AvgIpc) is 2.08. The minimum Gasteiger partial charge on any atom is -0.211 e. The van der Waals surface area contributed by atoms with Gasteiger partial charge in [0.15, 0.2) is 0 Å². The lowest BCUT2D eigenvalue weighted by Crippen LogP contribution is -2.15. The molecular formula is C9H6F3NO. The number of benzene rings is 1. The summed E-state index contributed by atoms with van der Waals surface area (Å²) < 4.78 is 37.8. The van der Waals surface area contributed by atoms with Crippen molar-refractivity contribution in [3.8, 4) is 0 Å². The molecule has 1 aromatic rings. The van der Waals surface area contributed by atoms with Crippen LogP contribution in [0.1, 0.15) is 5.56 Å². The van der Waals surface area contributed by atoms with Gasteiger partial charge in [0.05, 0.1) is 6.42 Å². The topological polar surface area (TPSA) is 29.4 Å². The van der Waals surface area contributed by atoms with E-state index in [0.29, 0.717) is 0 Å². The fourth-order valence-electron chi connectivity index (χ4n) is 0.954. The van der Waals surface area contributed by atoms with Gasteiger partial charge in [-0.15, -0.1) is 4.99 Å². The van der Waals surface area contributed by atoms with Crippen LogP contribution in [0.15, 0.2) is 29.3 Å². The van der Waals surface area contributed by atoms with Crippen molar-refractivity contribution in [1.29, 1.82) is 0 Å². The second kappa shape index (κ2) is 4.07. The molecule has 0 bridgehead atoms. The van der Waals surface area contributed by atoms with Crippen LogP contribution >= 0.6 is 0 Å². The largest absolute Gasteiger partial charge is 0.355 e. The first kappa shape index (κ1) is 10.5. The highest BCUT2D eigenvalue weighted by atomic mass is 19.3. The van der Waals surface area contributed by atoms with Crippen LogP contribution in [-0.2, 0) is 11.2 Å². The summed E-state index contributed by atoms with van der Waals surface area (Å²) in [6, 6.07) is 1.08. The van der Waals surface area contributed by atoms with E-state index in [-0.39, 0.29) is 5.56 Å². The molecule has 2 nitrogen and oxygen atoms in total. The van der Waals surface area contributed by atoms with Gasteiger partial charge in [-0.1, -0.05) is 12.1 Å². The van der Waals surface area contributed by atoms with Gasteiger partial charge in [0.2, 0.25) is 6.08 Å².